The smallest absolute Gasteiger partial charge is 0.120 e. The molecule has 0 radical (unpaired) electrons. The van der Waals surface area contributed by atoms with E-state index in [4.69, 9.17) is 0 Å². The van der Waals surface area contributed by atoms with E-state index in [9.17, 15) is 9.90 Å². The van der Waals surface area contributed by atoms with Gasteiger partial charge < -0.3 is 9.90 Å². The van der Waals surface area contributed by atoms with Gasteiger partial charge in [-0.05, 0) is 104 Å². The van der Waals surface area contributed by atoms with E-state index in [1.54, 1.807) is 5.57 Å². The van der Waals surface area contributed by atoms with E-state index in [2.05, 4.69) is 54.5 Å². The molecule has 2 nitrogen and oxygen atoms in total. The highest BCUT2D eigenvalue weighted by Gasteiger charge is 2.59. The van der Waals surface area contributed by atoms with Gasteiger partial charge in [0.15, 0.2) is 0 Å². The van der Waals surface area contributed by atoms with Crippen LogP contribution >= 0.6 is 0 Å². The molecule has 4 rings (SSSR count). The van der Waals surface area contributed by atoms with E-state index in [-0.39, 0.29) is 6.10 Å². The number of fused-ring (bicyclic) bond motifs is 5. The first-order chi connectivity index (χ1) is 18.6. The number of hydrogen-bond donors (Lipinski definition) is 1. The molecule has 1 N–H and O–H groups in total. The van der Waals surface area contributed by atoms with Gasteiger partial charge >= 0.3 is 0 Å². The van der Waals surface area contributed by atoms with E-state index in [0.29, 0.717) is 16.7 Å². The lowest BCUT2D eigenvalue weighted by atomic mass is 9.47. The number of hydrogen-bond acceptors (Lipinski definition) is 2. The van der Waals surface area contributed by atoms with Crippen molar-refractivity contribution < 1.29 is 9.90 Å². The van der Waals surface area contributed by atoms with E-state index >= 15 is 0 Å². The van der Waals surface area contributed by atoms with Gasteiger partial charge in [0.1, 0.15) is 6.29 Å². The van der Waals surface area contributed by atoms with Gasteiger partial charge in [-0.25, -0.2) is 0 Å². The maximum atomic E-state index is 10.2. The van der Waals surface area contributed by atoms with Crippen LogP contribution in [0.2, 0.25) is 0 Å². The third kappa shape index (κ3) is 7.81. The topological polar surface area (TPSA) is 37.3 Å². The van der Waals surface area contributed by atoms with Crippen LogP contribution in [0.4, 0.5) is 0 Å². The predicted molar refractivity (Wildman–Crippen MR) is 168 cm³/mol. The lowest BCUT2D eigenvalue weighted by Crippen LogP contribution is -2.50. The summed E-state index contributed by atoms with van der Waals surface area (Å²) in [4.78, 5) is 10.2. The predicted octanol–water partition coefficient (Wildman–Crippen LogP) is 10.6. The Morgan fingerprint density at radius 1 is 0.949 bits per heavy atom. The third-order valence-electron chi connectivity index (χ3n) is 12.5. The molecular weight excluding hydrogens is 476 g/mol. The largest absolute Gasteiger partial charge is 0.393 e. The molecule has 226 valence electrons. The maximum Gasteiger partial charge on any atom is 0.120 e. The van der Waals surface area contributed by atoms with E-state index in [0.717, 1.165) is 67.5 Å². The first-order valence-electron chi connectivity index (χ1n) is 17.4. The summed E-state index contributed by atoms with van der Waals surface area (Å²) < 4.78 is 0. The van der Waals surface area contributed by atoms with Crippen LogP contribution < -0.4 is 0 Å². The zero-order chi connectivity index (χ0) is 28.6. The summed E-state index contributed by atoms with van der Waals surface area (Å²) in [6, 6.07) is 0. The standard InChI is InChI=1S/C27H46O.C10H20O/c1-18(2)7-6-8-19(3)23-11-12-24-22-10-9-20-17-21(28)13-15-26(20,4)25(22)14-16-27(23,24)5;1-3-5-6-7-10(4-2)8-9-11/h9,18-19,21-25,28H,6-8,10-17H2,1-5H3;9-10H,3-8H2,1-2H3/t19-,21+,22+,23-,24+,25+,26+,27-;/m1./s1. The van der Waals surface area contributed by atoms with Crippen LogP contribution in [0.3, 0.4) is 0 Å². The van der Waals surface area contributed by atoms with Crippen LogP contribution in [-0.2, 0) is 4.79 Å². The normalized spacial score (nSPS) is 37.1. The first-order valence-corrected chi connectivity index (χ1v) is 17.4. The molecule has 0 spiro atoms. The highest BCUT2D eigenvalue weighted by molar-refractivity contribution is 5.49. The molecule has 0 heterocycles. The number of unbranched alkanes of at least 4 members (excludes halogenated alkanes) is 2. The minimum absolute atomic E-state index is 0.0766. The molecule has 0 aromatic rings. The molecule has 0 bridgehead atoms. The minimum atomic E-state index is -0.0766. The molecule has 4 aliphatic carbocycles. The zero-order valence-electron chi connectivity index (χ0n) is 27.1. The summed E-state index contributed by atoms with van der Waals surface area (Å²) in [5.74, 6) is 6.11. The molecule has 0 saturated heterocycles. The minimum Gasteiger partial charge on any atom is -0.393 e. The Labute approximate surface area is 243 Å². The number of aldehydes is 1. The molecule has 0 aliphatic heterocycles. The average molecular weight is 543 g/mol. The Morgan fingerprint density at radius 2 is 1.72 bits per heavy atom. The highest BCUT2D eigenvalue weighted by Crippen LogP contribution is 2.67. The fourth-order valence-electron chi connectivity index (χ4n) is 9.97. The summed E-state index contributed by atoms with van der Waals surface area (Å²) in [7, 11) is 0. The molecule has 1 unspecified atom stereocenters. The summed E-state index contributed by atoms with van der Waals surface area (Å²) in [5, 5.41) is 10.2. The molecule has 9 atom stereocenters. The van der Waals surface area contributed by atoms with Crippen LogP contribution in [0, 0.1) is 52.3 Å². The lowest BCUT2D eigenvalue weighted by molar-refractivity contribution is -0.108. The average Bonchev–Trinajstić information content (AvgIpc) is 3.26. The Hall–Kier alpha value is -0.630. The van der Waals surface area contributed by atoms with Crippen molar-refractivity contribution >= 4 is 6.29 Å². The summed E-state index contributed by atoms with van der Waals surface area (Å²) >= 11 is 0. The number of carbonyl (C=O) groups excluding carboxylic acids is 1. The van der Waals surface area contributed by atoms with Gasteiger partial charge in [-0.2, -0.15) is 0 Å². The first kappa shape index (κ1) is 32.9. The number of rotatable bonds is 12. The zero-order valence-corrected chi connectivity index (χ0v) is 27.1. The monoisotopic (exact) mass is 543 g/mol. The van der Waals surface area contributed by atoms with Gasteiger partial charge in [-0.1, -0.05) is 111 Å². The Bertz CT molecular complexity index is 769. The van der Waals surface area contributed by atoms with Crippen LogP contribution in [0.1, 0.15) is 158 Å². The fraction of sp³-hybridized carbons (Fsp3) is 0.919. The number of aliphatic hydroxyl groups excluding tert-OH is 1. The Balaban J connectivity index is 0.000000325. The van der Waals surface area contributed by atoms with Crippen molar-refractivity contribution in [2.24, 2.45) is 52.3 Å². The molecular formula is C37H66O2. The summed E-state index contributed by atoms with van der Waals surface area (Å²) in [6.07, 6.45) is 25.3. The van der Waals surface area contributed by atoms with Crippen molar-refractivity contribution in [2.75, 3.05) is 0 Å². The van der Waals surface area contributed by atoms with Gasteiger partial charge in [0.25, 0.3) is 0 Å². The van der Waals surface area contributed by atoms with Gasteiger partial charge in [-0.3, -0.25) is 0 Å². The summed E-state index contributed by atoms with van der Waals surface area (Å²) in [6.45, 7) is 16.9. The van der Waals surface area contributed by atoms with Crippen molar-refractivity contribution in [1.82, 2.24) is 0 Å². The van der Waals surface area contributed by atoms with E-state index < -0.39 is 0 Å². The molecule has 0 aromatic carbocycles. The van der Waals surface area contributed by atoms with Crippen molar-refractivity contribution in [3.8, 4) is 0 Å². The molecule has 3 fully saturated rings. The second-order valence-corrected chi connectivity index (χ2v) is 15.4. The Morgan fingerprint density at radius 3 is 2.38 bits per heavy atom. The van der Waals surface area contributed by atoms with Gasteiger partial charge in [0.2, 0.25) is 0 Å². The van der Waals surface area contributed by atoms with Crippen LogP contribution in [0.5, 0.6) is 0 Å². The van der Waals surface area contributed by atoms with Crippen LogP contribution in [0.15, 0.2) is 11.6 Å². The van der Waals surface area contributed by atoms with Gasteiger partial charge in [0.05, 0.1) is 6.10 Å². The van der Waals surface area contributed by atoms with Gasteiger partial charge in [-0.15, -0.1) is 0 Å². The quantitative estimate of drug-likeness (QED) is 0.151. The number of carbonyl (C=O) groups is 1. The molecule has 2 heteroatoms. The maximum absolute atomic E-state index is 10.2. The van der Waals surface area contributed by atoms with E-state index in [1.807, 2.05) is 0 Å². The van der Waals surface area contributed by atoms with Crippen molar-refractivity contribution in [3.63, 3.8) is 0 Å². The molecule has 3 saturated carbocycles. The summed E-state index contributed by atoms with van der Waals surface area (Å²) in [5.41, 5.74) is 2.60. The van der Waals surface area contributed by atoms with E-state index in [1.165, 1.54) is 83.5 Å². The van der Waals surface area contributed by atoms with Crippen molar-refractivity contribution in [3.05, 3.63) is 11.6 Å². The number of aliphatic hydroxyl groups is 1. The molecule has 39 heavy (non-hydrogen) atoms. The molecule has 4 aliphatic rings. The number of allylic oxidation sites excluding steroid dienone is 1. The highest BCUT2D eigenvalue weighted by atomic mass is 16.3. The second kappa shape index (κ2) is 15.0. The third-order valence-corrected chi connectivity index (χ3v) is 12.5. The second-order valence-electron chi connectivity index (χ2n) is 15.4. The molecule has 0 amide bonds. The van der Waals surface area contributed by atoms with Crippen LogP contribution in [0.25, 0.3) is 0 Å². The lowest BCUT2D eigenvalue weighted by Gasteiger charge is -2.58. The van der Waals surface area contributed by atoms with Crippen molar-refractivity contribution in [2.45, 2.75) is 164 Å². The van der Waals surface area contributed by atoms with Gasteiger partial charge in [0, 0.05) is 6.42 Å². The van der Waals surface area contributed by atoms with Crippen molar-refractivity contribution in [1.29, 1.82) is 0 Å². The fourth-order valence-corrected chi connectivity index (χ4v) is 9.97. The SMILES string of the molecule is CC(C)CCC[C@@H](C)[C@H]1CC[C@H]2[C@@H]3CC=C4C[C@@H](O)CC[C@]4(C)[C@H]3CC[C@]12C.CCCCCC(CC)CC=O. The molecule has 0 aromatic heterocycles. The Kier molecular flexibility index (Phi) is 12.7. The van der Waals surface area contributed by atoms with Crippen LogP contribution in [-0.4, -0.2) is 17.5 Å².